The van der Waals surface area contributed by atoms with Gasteiger partial charge in [0.2, 0.25) is 0 Å². The zero-order valence-electron chi connectivity index (χ0n) is 21.9. The molecule has 2 aromatic rings. The summed E-state index contributed by atoms with van der Waals surface area (Å²) >= 11 is 0. The van der Waals surface area contributed by atoms with Crippen LogP contribution in [0.2, 0.25) is 0 Å². The van der Waals surface area contributed by atoms with Crippen LogP contribution in [-0.2, 0) is 20.9 Å². The molecule has 16 heteroatoms. The third-order valence-corrected chi connectivity index (χ3v) is 6.14. The maximum Gasteiger partial charge on any atom is 0.490 e. The second kappa shape index (κ2) is 14.9. The molecule has 0 spiro atoms. The number of hydrogen-bond donors (Lipinski definition) is 4. The molecule has 3 heterocycles. The minimum Gasteiger partial charge on any atom is -0.475 e. The number of rotatable bonds is 5. The number of nitrogens with zero attached hydrogens (tertiary/aromatic N) is 2. The van der Waals surface area contributed by atoms with Crippen molar-refractivity contribution >= 4 is 11.9 Å². The Morgan fingerprint density at radius 3 is 2.00 bits per heavy atom. The summed E-state index contributed by atoms with van der Waals surface area (Å²) in [6, 6.07) is 10.6. The van der Waals surface area contributed by atoms with Gasteiger partial charge in [-0.05, 0) is 51.4 Å². The third kappa shape index (κ3) is 11.5. The van der Waals surface area contributed by atoms with E-state index in [1.54, 1.807) is 6.07 Å². The molecule has 228 valence electrons. The summed E-state index contributed by atoms with van der Waals surface area (Å²) in [5.74, 6) is -4.89. The summed E-state index contributed by atoms with van der Waals surface area (Å²) in [5.41, 5.74) is 2.84. The summed E-state index contributed by atoms with van der Waals surface area (Å²) in [6.07, 6.45) is -5.86. The van der Waals surface area contributed by atoms with E-state index in [1.807, 2.05) is 19.2 Å². The smallest absolute Gasteiger partial charge is 0.475 e. The second-order valence-electron chi connectivity index (χ2n) is 9.16. The number of benzene rings is 1. The normalized spacial score (nSPS) is 18.1. The number of H-pyrrole nitrogens is 1. The van der Waals surface area contributed by atoms with Crippen LogP contribution in [0.4, 0.5) is 26.3 Å². The standard InChI is InChI=1S/C21H28N4O2.2C2HF3O2/c1-22-17-8-10-25(11-9-17)14-15-4-6-16(7-5-15)21-23-18(13-20(26)24-21)19-3-2-12-27-19;2*3-2(4,5)1(6)7/h4-7,13,17,19,22H,2-3,8-12,14H2,1H3,(H,23,24,26);2*(H,6,7). The van der Waals surface area contributed by atoms with Crippen LogP contribution in [0, 0.1) is 0 Å². The lowest BCUT2D eigenvalue weighted by Gasteiger charge is -2.31. The number of alkyl halides is 6. The zero-order valence-corrected chi connectivity index (χ0v) is 21.9. The van der Waals surface area contributed by atoms with Crippen LogP contribution in [0.25, 0.3) is 11.4 Å². The highest BCUT2D eigenvalue weighted by Gasteiger charge is 2.38. The Morgan fingerprint density at radius 2 is 1.56 bits per heavy atom. The van der Waals surface area contributed by atoms with E-state index in [0.717, 1.165) is 50.3 Å². The number of aliphatic carboxylic acids is 2. The Balaban J connectivity index is 0.000000349. The molecule has 0 saturated carbocycles. The molecule has 2 fully saturated rings. The molecule has 41 heavy (non-hydrogen) atoms. The first-order chi connectivity index (χ1) is 19.1. The molecular weight excluding hydrogens is 566 g/mol. The highest BCUT2D eigenvalue weighted by molar-refractivity contribution is 5.73. The molecule has 0 bridgehead atoms. The summed E-state index contributed by atoms with van der Waals surface area (Å²) < 4.78 is 69.2. The number of aromatic nitrogens is 2. The largest absolute Gasteiger partial charge is 0.490 e. The van der Waals surface area contributed by atoms with Gasteiger partial charge < -0.3 is 25.3 Å². The van der Waals surface area contributed by atoms with Crippen molar-refractivity contribution < 1.29 is 50.9 Å². The molecule has 0 radical (unpaired) electrons. The van der Waals surface area contributed by atoms with Crippen molar-refractivity contribution in [2.45, 2.75) is 56.7 Å². The molecule has 1 aromatic heterocycles. The Morgan fingerprint density at radius 1 is 1.02 bits per heavy atom. The molecule has 4 rings (SSSR count). The highest BCUT2D eigenvalue weighted by Crippen LogP contribution is 2.27. The number of aromatic amines is 1. The fourth-order valence-electron chi connectivity index (χ4n) is 3.99. The lowest BCUT2D eigenvalue weighted by molar-refractivity contribution is -0.193. The quantitative estimate of drug-likeness (QED) is 0.380. The van der Waals surface area contributed by atoms with Crippen LogP contribution in [0.3, 0.4) is 0 Å². The van der Waals surface area contributed by atoms with Gasteiger partial charge in [0.15, 0.2) is 0 Å². The van der Waals surface area contributed by atoms with Crippen molar-refractivity contribution in [3.05, 3.63) is 51.9 Å². The van der Waals surface area contributed by atoms with Crippen LogP contribution >= 0.6 is 0 Å². The molecule has 0 aliphatic carbocycles. The predicted octanol–water partition coefficient (Wildman–Crippen LogP) is 3.74. The number of carboxylic acids is 2. The van der Waals surface area contributed by atoms with Crippen molar-refractivity contribution in [3.63, 3.8) is 0 Å². The van der Waals surface area contributed by atoms with Gasteiger partial charge in [-0.25, -0.2) is 14.6 Å². The van der Waals surface area contributed by atoms with Gasteiger partial charge in [0.05, 0.1) is 11.8 Å². The van der Waals surface area contributed by atoms with Gasteiger partial charge in [-0.1, -0.05) is 24.3 Å². The van der Waals surface area contributed by atoms with Crippen LogP contribution in [0.5, 0.6) is 0 Å². The summed E-state index contributed by atoms with van der Waals surface area (Å²) in [4.78, 5) is 39.9. The Bertz CT molecular complexity index is 1160. The third-order valence-electron chi connectivity index (χ3n) is 6.14. The van der Waals surface area contributed by atoms with Crippen LogP contribution in [0.1, 0.15) is 43.0 Å². The molecule has 1 atom stereocenters. The summed E-state index contributed by atoms with van der Waals surface area (Å²) in [5, 5.41) is 17.6. The van der Waals surface area contributed by atoms with Gasteiger partial charge >= 0.3 is 24.3 Å². The fraction of sp³-hybridized carbons (Fsp3) is 0.520. The number of carboxylic acid groups (broad SMARTS) is 2. The minimum absolute atomic E-state index is 0.0501. The van der Waals surface area contributed by atoms with E-state index in [2.05, 4.69) is 32.3 Å². The van der Waals surface area contributed by atoms with E-state index in [1.165, 1.54) is 18.4 Å². The number of ether oxygens (including phenoxy) is 1. The molecule has 2 aliphatic heterocycles. The van der Waals surface area contributed by atoms with Crippen molar-refractivity contribution in [3.8, 4) is 11.4 Å². The van der Waals surface area contributed by atoms with E-state index in [4.69, 9.17) is 24.5 Å². The van der Waals surface area contributed by atoms with Gasteiger partial charge in [-0.3, -0.25) is 9.69 Å². The molecule has 0 amide bonds. The number of nitrogens with one attached hydrogen (secondary N) is 2. The topological polar surface area (TPSA) is 145 Å². The van der Waals surface area contributed by atoms with Crippen LogP contribution in [-0.4, -0.2) is 82.2 Å². The maximum absolute atomic E-state index is 12.1. The van der Waals surface area contributed by atoms with Crippen LogP contribution in [0.15, 0.2) is 35.1 Å². The number of halogens is 6. The SMILES string of the molecule is CNC1CCN(Cc2ccc(-c3nc(C4CCCO4)cc(=O)[nH]3)cc2)CC1.O=C(O)C(F)(F)F.O=C(O)C(F)(F)F. The molecular formula is C25H30F6N4O6. The average molecular weight is 597 g/mol. The number of hydrogen-bond acceptors (Lipinski definition) is 7. The Kier molecular flexibility index (Phi) is 12.3. The molecule has 1 unspecified atom stereocenters. The zero-order chi connectivity index (χ0) is 30.8. The lowest BCUT2D eigenvalue weighted by Crippen LogP contribution is -2.40. The number of carbonyl (C=O) groups is 2. The lowest BCUT2D eigenvalue weighted by atomic mass is 10.0. The van der Waals surface area contributed by atoms with Gasteiger partial charge in [-0.2, -0.15) is 26.3 Å². The fourth-order valence-corrected chi connectivity index (χ4v) is 3.99. The van der Waals surface area contributed by atoms with Gasteiger partial charge in [-0.15, -0.1) is 0 Å². The van der Waals surface area contributed by atoms with E-state index in [0.29, 0.717) is 11.9 Å². The second-order valence-corrected chi connectivity index (χ2v) is 9.16. The van der Waals surface area contributed by atoms with E-state index >= 15 is 0 Å². The molecule has 10 nitrogen and oxygen atoms in total. The first kappa shape index (κ1) is 33.7. The molecule has 2 aliphatic rings. The maximum atomic E-state index is 12.1. The van der Waals surface area contributed by atoms with Crippen molar-refractivity contribution in [2.24, 2.45) is 0 Å². The highest BCUT2D eigenvalue weighted by atomic mass is 19.4. The van der Waals surface area contributed by atoms with E-state index in [-0.39, 0.29) is 11.7 Å². The van der Waals surface area contributed by atoms with E-state index < -0.39 is 24.3 Å². The number of piperidine rings is 1. The van der Waals surface area contributed by atoms with Crippen LogP contribution < -0.4 is 10.9 Å². The minimum atomic E-state index is -5.08. The Labute approximate surface area is 230 Å². The molecule has 1 aromatic carbocycles. The van der Waals surface area contributed by atoms with Crippen molar-refractivity contribution in [1.29, 1.82) is 0 Å². The van der Waals surface area contributed by atoms with Crippen molar-refractivity contribution in [2.75, 3.05) is 26.7 Å². The van der Waals surface area contributed by atoms with Crippen molar-refractivity contribution in [1.82, 2.24) is 20.2 Å². The first-order valence-electron chi connectivity index (χ1n) is 12.4. The van der Waals surface area contributed by atoms with E-state index in [9.17, 15) is 31.1 Å². The number of likely N-dealkylation sites (tertiary alicyclic amines) is 1. The Hall–Kier alpha value is -3.50. The molecule has 2 saturated heterocycles. The first-order valence-corrected chi connectivity index (χ1v) is 12.4. The molecule has 4 N–H and O–H groups in total. The predicted molar refractivity (Wildman–Crippen MR) is 133 cm³/mol. The summed E-state index contributed by atoms with van der Waals surface area (Å²) in [6.45, 7) is 3.97. The van der Waals surface area contributed by atoms with Gasteiger partial charge in [0.25, 0.3) is 5.56 Å². The van der Waals surface area contributed by atoms with Gasteiger partial charge in [0.1, 0.15) is 5.82 Å². The van der Waals surface area contributed by atoms with Gasteiger partial charge in [0, 0.05) is 30.8 Å². The average Bonchev–Trinajstić information content (AvgIpc) is 3.44. The summed E-state index contributed by atoms with van der Waals surface area (Å²) in [7, 11) is 2.05. The monoisotopic (exact) mass is 596 g/mol.